The van der Waals surface area contributed by atoms with Gasteiger partial charge in [0.05, 0.1) is 0 Å². The zero-order chi connectivity index (χ0) is 9.26. The minimum Gasteiger partial charge on any atom is -0.461 e. The Morgan fingerprint density at radius 3 is 2.92 bits per heavy atom. The van der Waals surface area contributed by atoms with Crippen LogP contribution < -0.4 is 5.73 Å². The molecule has 2 rings (SSSR count). The molecule has 1 aliphatic heterocycles. The second kappa shape index (κ2) is 2.97. The Morgan fingerprint density at radius 2 is 2.23 bits per heavy atom. The van der Waals surface area contributed by atoms with Crippen molar-refractivity contribution in [2.24, 2.45) is 0 Å². The van der Waals surface area contributed by atoms with Gasteiger partial charge in [-0.3, -0.25) is 0 Å². The summed E-state index contributed by atoms with van der Waals surface area (Å²) in [5.74, 6) is 0.123. The van der Waals surface area contributed by atoms with Crippen LogP contribution in [0.5, 0.6) is 0 Å². The first-order valence-electron chi connectivity index (χ1n) is 3.77. The van der Waals surface area contributed by atoms with Crippen LogP contribution in [0.3, 0.4) is 0 Å². The monoisotopic (exact) mass is 181 g/mol. The number of ether oxygens (including phenoxy) is 2. The van der Waals surface area contributed by atoms with E-state index < -0.39 is 0 Å². The van der Waals surface area contributed by atoms with Crippen LogP contribution in [-0.4, -0.2) is 6.79 Å². The lowest BCUT2D eigenvalue weighted by atomic mass is 10.1. The molecule has 0 spiro atoms. The molecule has 0 bridgehead atoms. The molecular formula is C9H8FNO2. The second-order valence-electron chi connectivity index (χ2n) is 2.64. The van der Waals surface area contributed by atoms with Gasteiger partial charge in [-0.15, -0.1) is 0 Å². The van der Waals surface area contributed by atoms with Crippen molar-refractivity contribution in [2.75, 3.05) is 12.5 Å². The maximum atomic E-state index is 12.8. The highest BCUT2D eigenvalue weighted by molar-refractivity contribution is 5.70. The SMILES string of the molecule is Nc1ccc(F)cc1C1=COCO1. The van der Waals surface area contributed by atoms with Crippen LogP contribution in [0.4, 0.5) is 10.1 Å². The number of halogens is 1. The lowest BCUT2D eigenvalue weighted by Crippen LogP contribution is -1.95. The maximum Gasteiger partial charge on any atom is 0.230 e. The number of nitrogen functional groups attached to an aromatic ring is 1. The van der Waals surface area contributed by atoms with Crippen molar-refractivity contribution in [3.05, 3.63) is 35.8 Å². The van der Waals surface area contributed by atoms with Crippen molar-refractivity contribution >= 4 is 11.4 Å². The zero-order valence-electron chi connectivity index (χ0n) is 6.79. The summed E-state index contributed by atoms with van der Waals surface area (Å²) in [5, 5.41) is 0. The standard InChI is InChI=1S/C9H8FNO2/c10-6-1-2-8(11)7(3-6)9-4-12-5-13-9/h1-4H,5,11H2. The number of hydrogen-bond donors (Lipinski definition) is 1. The van der Waals surface area contributed by atoms with Gasteiger partial charge in [0.15, 0.2) is 5.76 Å². The topological polar surface area (TPSA) is 44.5 Å². The molecule has 0 radical (unpaired) electrons. The largest absolute Gasteiger partial charge is 0.461 e. The molecule has 0 saturated heterocycles. The Balaban J connectivity index is 2.43. The van der Waals surface area contributed by atoms with E-state index in [-0.39, 0.29) is 12.6 Å². The molecule has 4 heteroatoms. The van der Waals surface area contributed by atoms with E-state index in [1.807, 2.05) is 0 Å². The van der Waals surface area contributed by atoms with Crippen molar-refractivity contribution in [1.29, 1.82) is 0 Å². The normalized spacial score (nSPS) is 14.7. The number of hydrogen-bond acceptors (Lipinski definition) is 3. The van der Waals surface area contributed by atoms with Crippen molar-refractivity contribution < 1.29 is 13.9 Å². The van der Waals surface area contributed by atoms with Crippen LogP contribution in [0.2, 0.25) is 0 Å². The lowest BCUT2D eigenvalue weighted by molar-refractivity contribution is 0.100. The average Bonchev–Trinajstić information content (AvgIpc) is 2.61. The summed E-state index contributed by atoms with van der Waals surface area (Å²) in [6.07, 6.45) is 1.42. The highest BCUT2D eigenvalue weighted by Crippen LogP contribution is 2.26. The molecule has 1 heterocycles. The average molecular weight is 181 g/mol. The highest BCUT2D eigenvalue weighted by Gasteiger charge is 2.12. The number of rotatable bonds is 1. The van der Waals surface area contributed by atoms with Gasteiger partial charge in [0.2, 0.25) is 6.79 Å². The summed E-state index contributed by atoms with van der Waals surface area (Å²) in [5.41, 5.74) is 6.62. The molecule has 1 aliphatic rings. The number of benzene rings is 1. The van der Waals surface area contributed by atoms with Crippen LogP contribution in [0.15, 0.2) is 24.5 Å². The molecule has 1 aromatic carbocycles. The highest BCUT2D eigenvalue weighted by atomic mass is 19.1. The summed E-state index contributed by atoms with van der Waals surface area (Å²) in [6.45, 7) is 0.158. The Morgan fingerprint density at radius 1 is 1.38 bits per heavy atom. The van der Waals surface area contributed by atoms with Gasteiger partial charge in [-0.25, -0.2) is 4.39 Å². The van der Waals surface area contributed by atoms with Crippen LogP contribution in [0, 0.1) is 5.82 Å². The fourth-order valence-electron chi connectivity index (χ4n) is 1.12. The Kier molecular flexibility index (Phi) is 1.81. The van der Waals surface area contributed by atoms with E-state index in [1.165, 1.54) is 24.5 Å². The summed E-state index contributed by atoms with van der Waals surface area (Å²) in [6, 6.07) is 4.11. The zero-order valence-corrected chi connectivity index (χ0v) is 6.79. The van der Waals surface area contributed by atoms with Gasteiger partial charge in [-0.1, -0.05) is 0 Å². The van der Waals surface area contributed by atoms with Gasteiger partial charge in [0.25, 0.3) is 0 Å². The minimum atomic E-state index is -0.347. The smallest absolute Gasteiger partial charge is 0.230 e. The summed E-state index contributed by atoms with van der Waals surface area (Å²) < 4.78 is 22.7. The Labute approximate surface area is 74.6 Å². The van der Waals surface area contributed by atoms with Gasteiger partial charge in [-0.2, -0.15) is 0 Å². The fraction of sp³-hybridized carbons (Fsp3) is 0.111. The molecule has 0 saturated carbocycles. The van der Waals surface area contributed by atoms with Gasteiger partial charge in [0.1, 0.15) is 12.1 Å². The predicted molar refractivity (Wildman–Crippen MR) is 45.8 cm³/mol. The molecule has 3 nitrogen and oxygen atoms in total. The van der Waals surface area contributed by atoms with E-state index in [0.717, 1.165) is 0 Å². The molecule has 68 valence electrons. The third-order valence-corrected chi connectivity index (χ3v) is 1.75. The van der Waals surface area contributed by atoms with Crippen molar-refractivity contribution in [3.63, 3.8) is 0 Å². The summed E-state index contributed by atoms with van der Waals surface area (Å²) in [7, 11) is 0. The van der Waals surface area contributed by atoms with Crippen molar-refractivity contribution in [3.8, 4) is 0 Å². The predicted octanol–water partition coefficient (Wildman–Crippen LogP) is 1.71. The number of anilines is 1. The molecule has 0 aliphatic carbocycles. The first-order chi connectivity index (χ1) is 6.27. The molecule has 2 N–H and O–H groups in total. The van der Waals surface area contributed by atoms with Crippen LogP contribution >= 0.6 is 0 Å². The Bertz CT molecular complexity index is 363. The lowest BCUT2D eigenvalue weighted by Gasteiger charge is -2.04. The van der Waals surface area contributed by atoms with E-state index in [9.17, 15) is 4.39 Å². The second-order valence-corrected chi connectivity index (χ2v) is 2.64. The molecule has 0 unspecified atom stereocenters. The first kappa shape index (κ1) is 7.91. The van der Waals surface area contributed by atoms with E-state index in [0.29, 0.717) is 17.0 Å². The summed E-state index contributed by atoms with van der Waals surface area (Å²) in [4.78, 5) is 0. The molecule has 1 aromatic rings. The maximum absolute atomic E-state index is 12.8. The van der Waals surface area contributed by atoms with Crippen LogP contribution in [0.1, 0.15) is 5.56 Å². The molecule has 0 aromatic heterocycles. The molecule has 0 fully saturated rings. The van der Waals surface area contributed by atoms with Gasteiger partial charge in [-0.05, 0) is 18.2 Å². The molecule has 0 atom stereocenters. The van der Waals surface area contributed by atoms with E-state index in [1.54, 1.807) is 0 Å². The quantitative estimate of drug-likeness (QED) is 0.671. The first-order valence-corrected chi connectivity index (χ1v) is 3.77. The van der Waals surface area contributed by atoms with Gasteiger partial charge < -0.3 is 15.2 Å². The third-order valence-electron chi connectivity index (χ3n) is 1.75. The third kappa shape index (κ3) is 1.42. The van der Waals surface area contributed by atoms with E-state index in [4.69, 9.17) is 15.2 Å². The molecule has 0 amide bonds. The van der Waals surface area contributed by atoms with E-state index >= 15 is 0 Å². The Hall–Kier alpha value is -1.71. The van der Waals surface area contributed by atoms with Gasteiger partial charge >= 0.3 is 0 Å². The molecule has 13 heavy (non-hydrogen) atoms. The summed E-state index contributed by atoms with van der Waals surface area (Å²) >= 11 is 0. The fourth-order valence-corrected chi connectivity index (χ4v) is 1.12. The molecular weight excluding hydrogens is 173 g/mol. The number of nitrogens with two attached hydrogens (primary N) is 1. The van der Waals surface area contributed by atoms with Crippen LogP contribution in [-0.2, 0) is 9.47 Å². The van der Waals surface area contributed by atoms with Crippen molar-refractivity contribution in [1.82, 2.24) is 0 Å². The van der Waals surface area contributed by atoms with Crippen LogP contribution in [0.25, 0.3) is 5.76 Å². The minimum absolute atomic E-state index is 0.158. The van der Waals surface area contributed by atoms with E-state index in [2.05, 4.69) is 0 Å². The van der Waals surface area contributed by atoms with Gasteiger partial charge in [0, 0.05) is 11.3 Å². The van der Waals surface area contributed by atoms with Crippen molar-refractivity contribution in [2.45, 2.75) is 0 Å².